The van der Waals surface area contributed by atoms with Crippen LogP contribution in [0.3, 0.4) is 0 Å². The van der Waals surface area contributed by atoms with Crippen molar-refractivity contribution in [2.75, 3.05) is 7.11 Å². The highest BCUT2D eigenvalue weighted by Gasteiger charge is 2.13. The molecule has 134 valence electrons. The highest BCUT2D eigenvalue weighted by Crippen LogP contribution is 2.26. The molecule has 6 nitrogen and oxygen atoms in total. The van der Waals surface area contributed by atoms with Crippen LogP contribution in [0, 0.1) is 0 Å². The first-order valence-electron chi connectivity index (χ1n) is 7.89. The highest BCUT2D eigenvalue weighted by atomic mass is 32.2. The lowest BCUT2D eigenvalue weighted by Gasteiger charge is -2.04. The second-order valence-electron chi connectivity index (χ2n) is 5.37. The quantitative estimate of drug-likeness (QED) is 0.645. The van der Waals surface area contributed by atoms with Crippen molar-refractivity contribution in [3.63, 3.8) is 0 Å². The second kappa shape index (κ2) is 7.99. The Morgan fingerprint density at radius 2 is 1.77 bits per heavy atom. The molecule has 3 aromatic rings. The monoisotopic (exact) mass is 370 g/mol. The van der Waals surface area contributed by atoms with Crippen molar-refractivity contribution in [3.05, 3.63) is 78.3 Å². The molecule has 7 heteroatoms. The summed E-state index contributed by atoms with van der Waals surface area (Å²) in [6.07, 6.45) is 1.56. The van der Waals surface area contributed by atoms with Crippen molar-refractivity contribution >= 4 is 21.9 Å². The van der Waals surface area contributed by atoms with Crippen molar-refractivity contribution in [2.45, 2.75) is 11.4 Å². The average molecular weight is 370 g/mol. The lowest BCUT2D eigenvalue weighted by Crippen LogP contribution is -2.22. The molecule has 0 fully saturated rings. The fourth-order valence-corrected chi connectivity index (χ4v) is 3.29. The van der Waals surface area contributed by atoms with E-state index in [-0.39, 0.29) is 11.4 Å². The maximum atomic E-state index is 12.2. The third-order valence-electron chi connectivity index (χ3n) is 3.59. The van der Waals surface area contributed by atoms with Gasteiger partial charge < -0.3 is 9.15 Å². The van der Waals surface area contributed by atoms with Gasteiger partial charge in [0.15, 0.2) is 0 Å². The molecule has 0 amide bonds. The molecule has 0 aliphatic rings. The van der Waals surface area contributed by atoms with E-state index in [1.807, 2.05) is 24.3 Å². The maximum absolute atomic E-state index is 12.2. The first-order valence-corrected chi connectivity index (χ1v) is 9.37. The van der Waals surface area contributed by atoms with E-state index in [1.165, 1.54) is 12.1 Å². The molecule has 1 N–H and O–H groups in total. The van der Waals surface area contributed by atoms with E-state index >= 15 is 0 Å². The third-order valence-corrected chi connectivity index (χ3v) is 5.01. The van der Waals surface area contributed by atoms with Crippen molar-refractivity contribution in [1.29, 1.82) is 0 Å². The summed E-state index contributed by atoms with van der Waals surface area (Å²) in [6.45, 7) is 0.0553. The van der Waals surface area contributed by atoms with Gasteiger partial charge in [0.05, 0.1) is 24.8 Å². The van der Waals surface area contributed by atoms with Gasteiger partial charge in [0, 0.05) is 0 Å². The predicted octanol–water partition coefficient (Wildman–Crippen LogP) is 3.52. The Labute approximate surface area is 152 Å². The van der Waals surface area contributed by atoms with Gasteiger partial charge in [0.25, 0.3) is 0 Å². The predicted molar refractivity (Wildman–Crippen MR) is 99.4 cm³/mol. The molecule has 0 saturated heterocycles. The number of ether oxygens (including phenoxy) is 1. The van der Waals surface area contributed by atoms with E-state index in [0.717, 1.165) is 0 Å². The highest BCUT2D eigenvalue weighted by molar-refractivity contribution is 7.89. The average Bonchev–Trinajstić information content (AvgIpc) is 3.14. The summed E-state index contributed by atoms with van der Waals surface area (Å²) in [7, 11) is -1.99. The zero-order chi connectivity index (χ0) is 18.4. The number of hydrogen-bond donors (Lipinski definition) is 1. The Balaban J connectivity index is 1.66. The topological polar surface area (TPSA) is 80.9 Å². The lowest BCUT2D eigenvalue weighted by atomic mass is 10.3. The second-order valence-corrected chi connectivity index (χ2v) is 7.14. The van der Waals surface area contributed by atoms with Crippen LogP contribution in [0.5, 0.6) is 5.75 Å². The molecule has 0 saturated carbocycles. The number of benzene rings is 2. The normalized spacial score (nSPS) is 11.7. The van der Waals surface area contributed by atoms with Crippen LogP contribution in [0.25, 0.3) is 0 Å². The zero-order valence-electron chi connectivity index (χ0n) is 14.1. The summed E-state index contributed by atoms with van der Waals surface area (Å²) < 4.78 is 37.7. The third kappa shape index (κ3) is 4.38. The van der Waals surface area contributed by atoms with Crippen LogP contribution >= 0.6 is 0 Å². The van der Waals surface area contributed by atoms with Gasteiger partial charge in [-0.3, -0.25) is 0 Å². The Hall–Kier alpha value is -2.90. The molecular formula is C19H18N2O4S. The van der Waals surface area contributed by atoms with Gasteiger partial charge in [-0.2, -0.15) is 0 Å². The molecule has 0 spiro atoms. The van der Waals surface area contributed by atoms with Crippen molar-refractivity contribution in [3.8, 4) is 5.75 Å². The number of rotatable bonds is 7. The van der Waals surface area contributed by atoms with Crippen molar-refractivity contribution in [2.24, 2.45) is 4.99 Å². The van der Waals surface area contributed by atoms with Crippen molar-refractivity contribution in [1.82, 2.24) is 4.72 Å². The zero-order valence-corrected chi connectivity index (χ0v) is 14.9. The number of hydrogen-bond acceptors (Lipinski definition) is 5. The summed E-state index contributed by atoms with van der Waals surface area (Å²) in [5.74, 6) is 1.67. The molecule has 0 atom stereocenters. The molecule has 3 rings (SSSR count). The van der Waals surface area contributed by atoms with Gasteiger partial charge in [0.2, 0.25) is 10.0 Å². The van der Waals surface area contributed by atoms with E-state index < -0.39 is 10.0 Å². The van der Waals surface area contributed by atoms with Gasteiger partial charge >= 0.3 is 0 Å². The first kappa shape index (κ1) is 17.9. The fraction of sp³-hybridized carbons (Fsp3) is 0.105. The number of nitrogens with one attached hydrogen (secondary N) is 1. The number of aliphatic imine (C=N–C) groups is 1. The van der Waals surface area contributed by atoms with Gasteiger partial charge in [-0.1, -0.05) is 30.3 Å². The van der Waals surface area contributed by atoms with Crippen LogP contribution in [0.1, 0.15) is 11.5 Å². The molecule has 0 radical (unpaired) electrons. The molecule has 0 aliphatic carbocycles. The Morgan fingerprint density at radius 1 is 1.04 bits per heavy atom. The summed E-state index contributed by atoms with van der Waals surface area (Å²) in [5, 5.41) is 0. The molecule has 26 heavy (non-hydrogen) atoms. The van der Waals surface area contributed by atoms with Gasteiger partial charge in [-0.05, 0) is 36.4 Å². The summed E-state index contributed by atoms with van der Waals surface area (Å²) in [4.78, 5) is 4.55. The van der Waals surface area contributed by atoms with Crippen molar-refractivity contribution < 1.29 is 17.6 Å². The van der Waals surface area contributed by atoms with E-state index in [1.54, 1.807) is 43.7 Å². The molecule has 1 heterocycles. The molecule has 0 unspecified atom stereocenters. The van der Waals surface area contributed by atoms with Crippen LogP contribution in [-0.2, 0) is 16.6 Å². The van der Waals surface area contributed by atoms with Gasteiger partial charge in [-0.15, -0.1) is 0 Å². The summed E-state index contributed by atoms with van der Waals surface area (Å²) in [5.41, 5.74) is 0.678. The van der Waals surface area contributed by atoms with Crippen LogP contribution < -0.4 is 9.46 Å². The Morgan fingerprint density at radius 3 is 2.54 bits per heavy atom. The Bertz CT molecular complexity index is 995. The standard InChI is InChI=1S/C19H18N2O4S/c1-24-19-10-6-5-9-18(19)20-13-15-11-12-16(25-15)14-21-26(22,23)17-7-3-2-4-8-17/h2-13,21H,14H2,1H3. The van der Waals surface area contributed by atoms with Crippen LogP contribution in [0.15, 0.2) is 81.0 Å². The number of furan rings is 1. The van der Waals surface area contributed by atoms with Crippen LogP contribution in [0.2, 0.25) is 0 Å². The maximum Gasteiger partial charge on any atom is 0.240 e. The molecule has 2 aromatic carbocycles. The van der Waals surface area contributed by atoms with Crippen LogP contribution in [0.4, 0.5) is 5.69 Å². The van der Waals surface area contributed by atoms with E-state index in [9.17, 15) is 8.42 Å². The minimum Gasteiger partial charge on any atom is -0.494 e. The fourth-order valence-electron chi connectivity index (χ4n) is 2.28. The largest absolute Gasteiger partial charge is 0.494 e. The minimum absolute atomic E-state index is 0.0553. The molecule has 0 aliphatic heterocycles. The lowest BCUT2D eigenvalue weighted by molar-refractivity contribution is 0.416. The van der Waals surface area contributed by atoms with E-state index in [2.05, 4.69) is 9.71 Å². The smallest absolute Gasteiger partial charge is 0.240 e. The molecule has 1 aromatic heterocycles. The summed E-state index contributed by atoms with van der Waals surface area (Å²) >= 11 is 0. The minimum atomic E-state index is -3.57. The summed E-state index contributed by atoms with van der Waals surface area (Å²) in [6, 6.07) is 19.0. The number of nitrogens with zero attached hydrogens (tertiary/aromatic N) is 1. The number of para-hydroxylation sites is 2. The molecular weight excluding hydrogens is 352 g/mol. The van der Waals surface area contributed by atoms with Gasteiger partial charge in [-0.25, -0.2) is 18.1 Å². The van der Waals surface area contributed by atoms with E-state index in [4.69, 9.17) is 9.15 Å². The number of methoxy groups -OCH3 is 1. The SMILES string of the molecule is COc1ccccc1N=Cc1ccc(CNS(=O)(=O)c2ccccc2)o1. The first-order chi connectivity index (χ1) is 12.6. The van der Waals surface area contributed by atoms with Crippen LogP contribution in [-0.4, -0.2) is 21.7 Å². The van der Waals surface area contributed by atoms with E-state index in [0.29, 0.717) is 23.0 Å². The van der Waals surface area contributed by atoms with Gasteiger partial charge in [0.1, 0.15) is 23.0 Å². The Kier molecular flexibility index (Phi) is 5.50. The number of sulfonamides is 1. The molecule has 0 bridgehead atoms.